The zero-order chi connectivity index (χ0) is 14.2. The van der Waals surface area contributed by atoms with Crippen molar-refractivity contribution in [1.29, 1.82) is 0 Å². The second-order valence-corrected chi connectivity index (χ2v) is 5.06. The molecule has 2 rings (SSSR count). The van der Waals surface area contributed by atoms with Crippen molar-refractivity contribution in [2.24, 2.45) is 0 Å². The smallest absolute Gasteiger partial charge is 0.257 e. The van der Waals surface area contributed by atoms with E-state index >= 15 is 0 Å². The van der Waals surface area contributed by atoms with E-state index < -0.39 is 28.9 Å². The summed E-state index contributed by atoms with van der Waals surface area (Å²) >= 11 is 0. The predicted octanol–water partition coefficient (Wildman–Crippen LogP) is 3.51. The Bertz CT molecular complexity index is 494. The summed E-state index contributed by atoms with van der Waals surface area (Å²) in [5, 5.41) is 0. The van der Waals surface area contributed by atoms with Gasteiger partial charge in [0.05, 0.1) is 5.56 Å². The summed E-state index contributed by atoms with van der Waals surface area (Å²) in [5.41, 5.74) is -0.403. The molecule has 5 heteroatoms. The Balaban J connectivity index is 2.36. The Morgan fingerprint density at radius 3 is 2.26 bits per heavy atom. The topological polar surface area (TPSA) is 20.3 Å². The molecule has 1 aromatic rings. The van der Waals surface area contributed by atoms with E-state index in [1.807, 2.05) is 13.8 Å². The third-order valence-electron chi connectivity index (χ3n) is 3.69. The number of carbonyl (C=O) groups is 1. The summed E-state index contributed by atoms with van der Waals surface area (Å²) in [7, 11) is 0. The molecule has 19 heavy (non-hydrogen) atoms. The number of hydrogen-bond donors (Lipinski definition) is 0. The summed E-state index contributed by atoms with van der Waals surface area (Å²) in [6, 6.07) is 1.74. The molecule has 0 N–H and O–H groups in total. The van der Waals surface area contributed by atoms with Gasteiger partial charge in [-0.1, -0.05) is 0 Å². The Hall–Kier alpha value is -1.52. The molecule has 2 unspecified atom stereocenters. The maximum Gasteiger partial charge on any atom is 0.257 e. The number of rotatable bonds is 1. The van der Waals surface area contributed by atoms with Crippen molar-refractivity contribution in [2.75, 3.05) is 0 Å². The van der Waals surface area contributed by atoms with Gasteiger partial charge < -0.3 is 4.90 Å². The van der Waals surface area contributed by atoms with Crippen molar-refractivity contribution < 1.29 is 18.0 Å². The number of halogens is 3. The van der Waals surface area contributed by atoms with Crippen molar-refractivity contribution >= 4 is 5.91 Å². The third kappa shape index (κ3) is 2.46. The van der Waals surface area contributed by atoms with Gasteiger partial charge in [-0.3, -0.25) is 4.79 Å². The van der Waals surface area contributed by atoms with E-state index in [2.05, 4.69) is 0 Å². The minimum atomic E-state index is -1.59. The molecule has 0 bridgehead atoms. The summed E-state index contributed by atoms with van der Waals surface area (Å²) < 4.78 is 39.7. The summed E-state index contributed by atoms with van der Waals surface area (Å²) in [6.07, 6.45) is 2.68. The van der Waals surface area contributed by atoms with Crippen LogP contribution in [0.3, 0.4) is 0 Å². The molecule has 0 aromatic heterocycles. The van der Waals surface area contributed by atoms with Gasteiger partial charge in [-0.05, 0) is 45.2 Å². The van der Waals surface area contributed by atoms with Crippen LogP contribution in [0.15, 0.2) is 12.1 Å². The van der Waals surface area contributed by atoms with Crippen LogP contribution in [0.5, 0.6) is 0 Å². The molecule has 1 heterocycles. The molecule has 1 aliphatic heterocycles. The quantitative estimate of drug-likeness (QED) is 0.716. The van der Waals surface area contributed by atoms with Gasteiger partial charge in [0.15, 0.2) is 17.5 Å². The monoisotopic (exact) mass is 271 g/mol. The van der Waals surface area contributed by atoms with Gasteiger partial charge in [0.25, 0.3) is 5.91 Å². The molecule has 1 saturated heterocycles. The third-order valence-corrected chi connectivity index (χ3v) is 3.69. The van der Waals surface area contributed by atoms with Crippen LogP contribution in [0.4, 0.5) is 13.2 Å². The Kier molecular flexibility index (Phi) is 3.83. The molecular weight excluding hydrogens is 255 g/mol. The van der Waals surface area contributed by atoms with E-state index in [1.54, 1.807) is 4.90 Å². The van der Waals surface area contributed by atoms with Crippen LogP contribution >= 0.6 is 0 Å². The minimum absolute atomic E-state index is 0.0243. The summed E-state index contributed by atoms with van der Waals surface area (Å²) in [4.78, 5) is 13.9. The van der Waals surface area contributed by atoms with E-state index in [0.717, 1.165) is 31.4 Å². The van der Waals surface area contributed by atoms with Gasteiger partial charge in [0, 0.05) is 12.1 Å². The molecule has 0 saturated carbocycles. The maximum atomic E-state index is 13.7. The predicted molar refractivity (Wildman–Crippen MR) is 65.3 cm³/mol. The molecule has 2 nitrogen and oxygen atoms in total. The number of likely N-dealkylation sites (tertiary alicyclic amines) is 1. The highest BCUT2D eigenvalue weighted by Gasteiger charge is 2.32. The lowest BCUT2D eigenvalue weighted by Gasteiger charge is -2.39. The molecule has 1 fully saturated rings. The van der Waals surface area contributed by atoms with Crippen molar-refractivity contribution in [3.8, 4) is 0 Å². The highest BCUT2D eigenvalue weighted by atomic mass is 19.2. The van der Waals surface area contributed by atoms with E-state index in [0.29, 0.717) is 0 Å². The normalized spacial score (nSPS) is 23.5. The van der Waals surface area contributed by atoms with E-state index in [1.165, 1.54) is 0 Å². The van der Waals surface area contributed by atoms with Crippen LogP contribution in [0.1, 0.15) is 43.5 Å². The van der Waals surface area contributed by atoms with Crippen LogP contribution in [0.25, 0.3) is 0 Å². The number of carbonyl (C=O) groups excluding carboxylic acids is 1. The molecule has 2 atom stereocenters. The first-order chi connectivity index (χ1) is 8.93. The minimum Gasteiger partial charge on any atom is -0.333 e. The highest BCUT2D eigenvalue weighted by molar-refractivity contribution is 5.95. The molecule has 0 radical (unpaired) electrons. The molecular formula is C14H16F3NO. The Morgan fingerprint density at radius 1 is 1.11 bits per heavy atom. The number of amides is 1. The van der Waals surface area contributed by atoms with Crippen LogP contribution in [0.2, 0.25) is 0 Å². The summed E-state index contributed by atoms with van der Waals surface area (Å²) in [5.74, 6) is -4.86. The number of hydrogen-bond acceptors (Lipinski definition) is 1. The SMILES string of the molecule is CC1CCCC(C)N1C(=O)c1ccc(F)c(F)c1F. The zero-order valence-electron chi connectivity index (χ0n) is 10.9. The standard InChI is InChI=1S/C14H16F3NO/c1-8-4-3-5-9(2)18(8)14(19)10-6-7-11(15)13(17)12(10)16/h6-9H,3-5H2,1-2H3. The first-order valence-corrected chi connectivity index (χ1v) is 6.39. The molecule has 1 aromatic carbocycles. The van der Waals surface area contributed by atoms with Gasteiger partial charge in [-0.25, -0.2) is 13.2 Å². The first kappa shape index (κ1) is 13.9. The zero-order valence-corrected chi connectivity index (χ0v) is 10.9. The van der Waals surface area contributed by atoms with Crippen LogP contribution in [-0.2, 0) is 0 Å². The lowest BCUT2D eigenvalue weighted by molar-refractivity contribution is 0.0504. The fourth-order valence-electron chi connectivity index (χ4n) is 2.65. The van der Waals surface area contributed by atoms with Gasteiger partial charge in [0.2, 0.25) is 0 Å². The second kappa shape index (κ2) is 5.23. The van der Waals surface area contributed by atoms with E-state index in [-0.39, 0.29) is 12.1 Å². The van der Waals surface area contributed by atoms with Crippen LogP contribution < -0.4 is 0 Å². The number of piperidine rings is 1. The fraction of sp³-hybridized carbons (Fsp3) is 0.500. The average molecular weight is 271 g/mol. The lowest BCUT2D eigenvalue weighted by atomic mass is 9.96. The van der Waals surface area contributed by atoms with Crippen LogP contribution in [-0.4, -0.2) is 22.9 Å². The van der Waals surface area contributed by atoms with Crippen molar-refractivity contribution in [3.63, 3.8) is 0 Å². The van der Waals surface area contributed by atoms with Crippen molar-refractivity contribution in [2.45, 2.75) is 45.2 Å². The van der Waals surface area contributed by atoms with Gasteiger partial charge in [-0.15, -0.1) is 0 Å². The molecule has 104 valence electrons. The average Bonchev–Trinajstić information content (AvgIpc) is 2.35. The maximum absolute atomic E-state index is 13.7. The van der Waals surface area contributed by atoms with Gasteiger partial charge in [-0.2, -0.15) is 0 Å². The van der Waals surface area contributed by atoms with Crippen molar-refractivity contribution in [3.05, 3.63) is 35.1 Å². The van der Waals surface area contributed by atoms with Gasteiger partial charge in [0.1, 0.15) is 0 Å². The Morgan fingerprint density at radius 2 is 1.68 bits per heavy atom. The second-order valence-electron chi connectivity index (χ2n) is 5.06. The highest BCUT2D eigenvalue weighted by Crippen LogP contribution is 2.26. The largest absolute Gasteiger partial charge is 0.333 e. The van der Waals surface area contributed by atoms with Gasteiger partial charge >= 0.3 is 0 Å². The van der Waals surface area contributed by atoms with E-state index in [4.69, 9.17) is 0 Å². The molecule has 1 aliphatic rings. The lowest BCUT2D eigenvalue weighted by Crippen LogP contribution is -2.47. The molecule has 0 spiro atoms. The van der Waals surface area contributed by atoms with Crippen molar-refractivity contribution in [1.82, 2.24) is 4.90 Å². The fourth-order valence-corrected chi connectivity index (χ4v) is 2.65. The first-order valence-electron chi connectivity index (χ1n) is 6.39. The Labute approximate surface area is 110 Å². The van der Waals surface area contributed by atoms with Crippen LogP contribution in [0, 0.1) is 17.5 Å². The molecule has 1 amide bonds. The van der Waals surface area contributed by atoms with E-state index in [9.17, 15) is 18.0 Å². The number of benzene rings is 1. The summed E-state index contributed by atoms with van der Waals surface area (Å²) in [6.45, 7) is 3.76. The molecule has 0 aliphatic carbocycles. The number of nitrogens with zero attached hydrogens (tertiary/aromatic N) is 1.